The second kappa shape index (κ2) is 8.80. The van der Waals surface area contributed by atoms with E-state index in [9.17, 15) is 4.79 Å². The number of nitrogens with zero attached hydrogens (tertiary/aromatic N) is 2. The summed E-state index contributed by atoms with van der Waals surface area (Å²) in [5.74, 6) is 0.850. The molecule has 1 fully saturated rings. The summed E-state index contributed by atoms with van der Waals surface area (Å²) in [7, 11) is 0. The van der Waals surface area contributed by atoms with Gasteiger partial charge in [0.05, 0.1) is 0 Å². The van der Waals surface area contributed by atoms with E-state index in [-0.39, 0.29) is 5.91 Å². The van der Waals surface area contributed by atoms with E-state index < -0.39 is 6.10 Å². The van der Waals surface area contributed by atoms with Crippen LogP contribution in [0.1, 0.15) is 36.1 Å². The molecule has 1 atom stereocenters. The lowest BCUT2D eigenvalue weighted by atomic mass is 9.98. The fourth-order valence-electron chi connectivity index (χ4n) is 5.21. The Bertz CT molecular complexity index is 1360. The van der Waals surface area contributed by atoms with Gasteiger partial charge in [0.1, 0.15) is 11.4 Å². The topological polar surface area (TPSA) is 58.2 Å². The quantitative estimate of drug-likeness (QED) is 0.410. The molecule has 1 unspecified atom stereocenters. The summed E-state index contributed by atoms with van der Waals surface area (Å²) in [5.41, 5.74) is 6.07. The van der Waals surface area contributed by atoms with Crippen LogP contribution < -0.4 is 4.74 Å². The molecule has 0 aliphatic carbocycles. The Morgan fingerprint density at radius 2 is 1.88 bits per heavy atom. The highest BCUT2D eigenvalue weighted by atomic mass is 35.5. The predicted molar refractivity (Wildman–Crippen MR) is 134 cm³/mol. The molecule has 4 aromatic rings. The monoisotopic (exact) mass is 471 g/mol. The first kappa shape index (κ1) is 21.2. The molecule has 0 radical (unpaired) electrons. The van der Waals surface area contributed by atoms with Gasteiger partial charge in [-0.15, -0.1) is 0 Å². The number of carbonyl (C=O) groups is 1. The first-order valence-corrected chi connectivity index (χ1v) is 12.3. The summed E-state index contributed by atoms with van der Waals surface area (Å²) in [6, 6.07) is 18.4. The molecule has 34 heavy (non-hydrogen) atoms. The molecule has 5 nitrogen and oxygen atoms in total. The number of rotatable bonds is 4. The number of hydrogen-bond donors (Lipinski definition) is 1. The number of amides is 1. The maximum atomic E-state index is 13.1. The number of carbonyl (C=O) groups excluding carboxylic acids is 1. The van der Waals surface area contributed by atoms with E-state index in [1.54, 1.807) is 6.20 Å². The smallest absolute Gasteiger partial charge is 0.263 e. The van der Waals surface area contributed by atoms with E-state index in [2.05, 4.69) is 40.3 Å². The predicted octanol–water partition coefficient (Wildman–Crippen LogP) is 5.79. The number of hydrogen-bond acceptors (Lipinski definition) is 3. The molecule has 4 heterocycles. The first-order chi connectivity index (χ1) is 16.7. The van der Waals surface area contributed by atoms with Crippen LogP contribution in [0.3, 0.4) is 0 Å². The van der Waals surface area contributed by atoms with Gasteiger partial charge >= 0.3 is 0 Å². The van der Waals surface area contributed by atoms with E-state index in [0.29, 0.717) is 11.4 Å². The van der Waals surface area contributed by atoms with Crippen LogP contribution in [-0.4, -0.2) is 40.0 Å². The van der Waals surface area contributed by atoms with Crippen LogP contribution in [0.15, 0.2) is 60.8 Å². The van der Waals surface area contributed by atoms with Crippen LogP contribution in [0.2, 0.25) is 5.02 Å². The van der Waals surface area contributed by atoms with Gasteiger partial charge in [-0.2, -0.15) is 0 Å². The summed E-state index contributed by atoms with van der Waals surface area (Å²) in [4.78, 5) is 23.1. The highest BCUT2D eigenvalue weighted by molar-refractivity contribution is 6.31. The van der Waals surface area contributed by atoms with Crippen LogP contribution in [0.5, 0.6) is 5.75 Å². The molecule has 6 heteroatoms. The highest BCUT2D eigenvalue weighted by Gasteiger charge is 2.35. The van der Waals surface area contributed by atoms with Crippen molar-refractivity contribution in [1.29, 1.82) is 0 Å². The van der Waals surface area contributed by atoms with Crippen molar-refractivity contribution in [2.24, 2.45) is 0 Å². The third kappa shape index (κ3) is 3.94. The molecule has 2 aliphatic rings. The molecule has 1 N–H and O–H groups in total. The van der Waals surface area contributed by atoms with E-state index in [0.717, 1.165) is 71.5 Å². The molecule has 0 bridgehead atoms. The average molecular weight is 472 g/mol. The van der Waals surface area contributed by atoms with E-state index in [4.69, 9.17) is 16.3 Å². The molecular weight excluding hydrogens is 446 g/mol. The van der Waals surface area contributed by atoms with Crippen LogP contribution in [-0.2, 0) is 17.6 Å². The lowest BCUT2D eigenvalue weighted by molar-refractivity contribution is -0.138. The fraction of sp³-hybridized carbons (Fsp3) is 0.286. The number of aromatic nitrogens is 2. The van der Waals surface area contributed by atoms with Crippen LogP contribution in [0, 0.1) is 0 Å². The first-order valence-electron chi connectivity index (χ1n) is 11.9. The van der Waals surface area contributed by atoms with Gasteiger partial charge in [0, 0.05) is 59.4 Å². The number of aromatic amines is 1. The summed E-state index contributed by atoms with van der Waals surface area (Å²) >= 11 is 6.54. The molecule has 1 saturated heterocycles. The SMILES string of the molecule is O=C(C1Cc2cc(Cl)cc(-c3ccnc4[nH]c(Cc5ccccc5)cc34)c2O1)N1CCCCC1. The highest BCUT2D eigenvalue weighted by Crippen LogP contribution is 2.43. The fourth-order valence-corrected chi connectivity index (χ4v) is 5.45. The molecule has 172 valence electrons. The maximum Gasteiger partial charge on any atom is 0.263 e. The number of nitrogens with one attached hydrogen (secondary N) is 1. The summed E-state index contributed by atoms with van der Waals surface area (Å²) in [6.07, 6.45) is 6.00. The summed E-state index contributed by atoms with van der Waals surface area (Å²) in [5, 5.41) is 1.67. The van der Waals surface area contributed by atoms with E-state index >= 15 is 0 Å². The minimum Gasteiger partial charge on any atom is -0.479 e. The largest absolute Gasteiger partial charge is 0.479 e. The van der Waals surface area contributed by atoms with Crippen LogP contribution in [0.4, 0.5) is 0 Å². The molecule has 0 saturated carbocycles. The van der Waals surface area contributed by atoms with Gasteiger partial charge < -0.3 is 14.6 Å². The van der Waals surface area contributed by atoms with Gasteiger partial charge in [-0.05, 0) is 54.7 Å². The van der Waals surface area contributed by atoms with Gasteiger partial charge in [0.2, 0.25) is 0 Å². The number of halogens is 1. The number of benzene rings is 2. The Kier molecular flexibility index (Phi) is 5.50. The third-order valence-electron chi connectivity index (χ3n) is 6.85. The second-order valence-electron chi connectivity index (χ2n) is 9.22. The molecule has 6 rings (SSSR count). The number of likely N-dealkylation sites (tertiary alicyclic amines) is 1. The normalized spacial score (nSPS) is 17.6. The van der Waals surface area contributed by atoms with Crippen molar-refractivity contribution >= 4 is 28.5 Å². The molecular formula is C28H26ClN3O2. The van der Waals surface area contributed by atoms with Crippen LogP contribution >= 0.6 is 11.6 Å². The van der Waals surface area contributed by atoms with Gasteiger partial charge in [-0.25, -0.2) is 4.98 Å². The Labute approximate surface area is 203 Å². The molecule has 2 aliphatic heterocycles. The third-order valence-corrected chi connectivity index (χ3v) is 7.07. The van der Waals surface area contributed by atoms with Crippen molar-refractivity contribution in [3.8, 4) is 16.9 Å². The van der Waals surface area contributed by atoms with Crippen molar-refractivity contribution < 1.29 is 9.53 Å². The van der Waals surface area contributed by atoms with Crippen molar-refractivity contribution in [3.63, 3.8) is 0 Å². The van der Waals surface area contributed by atoms with Gasteiger partial charge in [-0.3, -0.25) is 4.79 Å². The van der Waals surface area contributed by atoms with Gasteiger partial charge in [0.25, 0.3) is 5.91 Å². The minimum absolute atomic E-state index is 0.0876. The van der Waals surface area contributed by atoms with Crippen molar-refractivity contribution in [1.82, 2.24) is 14.9 Å². The number of ether oxygens (including phenoxy) is 1. The molecule has 2 aromatic carbocycles. The lowest BCUT2D eigenvalue weighted by Crippen LogP contribution is -2.43. The Morgan fingerprint density at radius 3 is 2.71 bits per heavy atom. The zero-order valence-electron chi connectivity index (χ0n) is 18.9. The standard InChI is InChI=1S/C28H26ClN3O2/c29-20-14-19-15-25(28(33)32-11-5-2-6-12-32)34-26(19)23(16-20)22-9-10-30-27-24(22)17-21(31-27)13-18-7-3-1-4-8-18/h1,3-4,7-10,14,16-17,25H,2,5-6,11-13,15H2,(H,30,31). The van der Waals surface area contributed by atoms with Crippen molar-refractivity contribution in [2.75, 3.05) is 13.1 Å². The summed E-state index contributed by atoms with van der Waals surface area (Å²) < 4.78 is 6.33. The molecule has 2 aromatic heterocycles. The maximum absolute atomic E-state index is 13.1. The van der Waals surface area contributed by atoms with Crippen molar-refractivity contribution in [2.45, 2.75) is 38.2 Å². The molecule has 0 spiro atoms. The van der Waals surface area contributed by atoms with E-state index in [1.165, 1.54) is 12.0 Å². The van der Waals surface area contributed by atoms with Gasteiger partial charge in [0.15, 0.2) is 6.10 Å². The van der Waals surface area contributed by atoms with Crippen LogP contribution in [0.25, 0.3) is 22.2 Å². The second-order valence-corrected chi connectivity index (χ2v) is 9.65. The average Bonchev–Trinajstić information content (AvgIpc) is 3.48. The Balaban J connectivity index is 1.35. The lowest BCUT2D eigenvalue weighted by Gasteiger charge is -2.28. The number of piperidine rings is 1. The number of H-pyrrole nitrogens is 1. The number of fused-ring (bicyclic) bond motifs is 2. The zero-order valence-corrected chi connectivity index (χ0v) is 19.6. The zero-order chi connectivity index (χ0) is 23.1. The Hall–Kier alpha value is -3.31. The van der Waals surface area contributed by atoms with Crippen molar-refractivity contribution in [3.05, 3.63) is 82.6 Å². The molecule has 1 amide bonds. The van der Waals surface area contributed by atoms with E-state index in [1.807, 2.05) is 29.2 Å². The minimum atomic E-state index is -0.484. The van der Waals surface area contributed by atoms with Gasteiger partial charge in [-0.1, -0.05) is 41.9 Å². The Morgan fingerprint density at radius 1 is 1.06 bits per heavy atom. The number of pyridine rings is 1. The summed E-state index contributed by atoms with van der Waals surface area (Å²) in [6.45, 7) is 1.64.